The predicted octanol–water partition coefficient (Wildman–Crippen LogP) is 5.71. The fraction of sp³-hybridized carbons (Fsp3) is 0.370. The van der Waals surface area contributed by atoms with Crippen LogP contribution in [0.3, 0.4) is 0 Å². The minimum atomic E-state index is 0.104. The number of fused-ring (bicyclic) bond motifs is 2. The van der Waals surface area contributed by atoms with Crippen molar-refractivity contribution in [2.45, 2.75) is 36.7 Å². The summed E-state index contributed by atoms with van der Waals surface area (Å²) < 4.78 is 6.28. The molecule has 4 heterocycles. The molecule has 1 saturated carbocycles. The molecule has 2 aromatic heterocycles. The molecule has 2 aliphatic heterocycles. The fourth-order valence-corrected chi connectivity index (χ4v) is 7.07. The molecule has 0 amide bonds. The number of H-pyrrole nitrogens is 2. The Labute approximate surface area is 203 Å². The molecule has 7 heteroatoms. The van der Waals surface area contributed by atoms with Gasteiger partial charge >= 0.3 is 0 Å². The topological polar surface area (TPSA) is 60.2 Å². The number of nitrogens with one attached hydrogen (secondary N) is 2. The molecule has 6 nitrogen and oxygen atoms in total. The van der Waals surface area contributed by atoms with Crippen LogP contribution < -0.4 is 4.90 Å². The van der Waals surface area contributed by atoms with Gasteiger partial charge in [-0.15, -0.1) is 11.8 Å². The van der Waals surface area contributed by atoms with E-state index in [1.165, 1.54) is 47.9 Å². The number of aromatic amines is 2. The molecule has 1 aliphatic carbocycles. The van der Waals surface area contributed by atoms with Crippen LogP contribution in [0.15, 0.2) is 60.4 Å². The maximum Gasteiger partial charge on any atom is 0.0961 e. The fourth-order valence-electron chi connectivity index (χ4n) is 6.08. The van der Waals surface area contributed by atoms with Gasteiger partial charge < -0.3 is 14.6 Å². The smallest absolute Gasteiger partial charge is 0.0961 e. The standard InChI is InChI=1S/C27H29N5OS/c1-2-8-27(7-1)18-31(10-12-33-27)17-26-32(11-13-34-26)25-15-19(14-24-22(25)16-29-30-24)20-4-3-5-23-21(20)6-9-28-23/h3-6,9,11,13-16,26,28H,1-2,7-8,10,12,17-18H2,(H,29,30). The first-order valence-electron chi connectivity index (χ1n) is 12.3. The Bertz CT molecular complexity index is 1370. The van der Waals surface area contributed by atoms with E-state index in [1.54, 1.807) is 0 Å². The van der Waals surface area contributed by atoms with E-state index in [-0.39, 0.29) is 5.60 Å². The van der Waals surface area contributed by atoms with Gasteiger partial charge in [0, 0.05) is 48.3 Å². The third-order valence-electron chi connectivity index (χ3n) is 7.75. The van der Waals surface area contributed by atoms with Crippen molar-refractivity contribution >= 4 is 39.3 Å². The van der Waals surface area contributed by atoms with Crippen LogP contribution in [0.5, 0.6) is 0 Å². The molecule has 1 atom stereocenters. The van der Waals surface area contributed by atoms with Crippen LogP contribution in [0, 0.1) is 0 Å². The highest BCUT2D eigenvalue weighted by atomic mass is 32.2. The number of thioether (sulfide) groups is 1. The van der Waals surface area contributed by atoms with E-state index in [1.807, 2.05) is 24.2 Å². The molecule has 0 bridgehead atoms. The van der Waals surface area contributed by atoms with Gasteiger partial charge in [0.15, 0.2) is 0 Å². The molecule has 34 heavy (non-hydrogen) atoms. The van der Waals surface area contributed by atoms with Gasteiger partial charge in [0.25, 0.3) is 0 Å². The van der Waals surface area contributed by atoms with E-state index in [0.29, 0.717) is 5.37 Å². The van der Waals surface area contributed by atoms with Crippen LogP contribution in [-0.4, -0.2) is 57.3 Å². The van der Waals surface area contributed by atoms with Crippen molar-refractivity contribution in [3.05, 3.63) is 60.4 Å². The highest BCUT2D eigenvalue weighted by Crippen LogP contribution is 2.41. The van der Waals surface area contributed by atoms with Gasteiger partial charge in [-0.25, -0.2) is 0 Å². The molecule has 7 rings (SSSR count). The van der Waals surface area contributed by atoms with Crippen molar-refractivity contribution in [2.24, 2.45) is 0 Å². The van der Waals surface area contributed by atoms with Crippen molar-refractivity contribution in [1.82, 2.24) is 20.1 Å². The number of ether oxygens (including phenoxy) is 1. The molecular weight excluding hydrogens is 442 g/mol. The summed E-state index contributed by atoms with van der Waals surface area (Å²) in [7, 11) is 0. The van der Waals surface area contributed by atoms with Gasteiger partial charge in [0.1, 0.15) is 0 Å². The zero-order valence-corrected chi connectivity index (χ0v) is 20.0. The molecule has 1 saturated heterocycles. The predicted molar refractivity (Wildman–Crippen MR) is 140 cm³/mol. The van der Waals surface area contributed by atoms with Crippen LogP contribution in [0.4, 0.5) is 5.69 Å². The molecule has 1 spiro atoms. The molecule has 2 N–H and O–H groups in total. The molecule has 0 radical (unpaired) electrons. The zero-order chi connectivity index (χ0) is 22.5. The summed E-state index contributed by atoms with van der Waals surface area (Å²) in [5.41, 5.74) is 5.99. The maximum absolute atomic E-state index is 6.28. The summed E-state index contributed by atoms with van der Waals surface area (Å²) in [4.78, 5) is 8.42. The normalized spacial score (nSPS) is 22.6. The number of anilines is 1. The van der Waals surface area contributed by atoms with Crippen molar-refractivity contribution in [3.8, 4) is 11.1 Å². The highest BCUT2D eigenvalue weighted by Gasteiger charge is 2.40. The number of rotatable bonds is 4. The largest absolute Gasteiger partial charge is 0.372 e. The van der Waals surface area contributed by atoms with Crippen molar-refractivity contribution in [3.63, 3.8) is 0 Å². The third-order valence-corrected chi connectivity index (χ3v) is 8.71. The van der Waals surface area contributed by atoms with Crippen molar-refractivity contribution in [2.75, 3.05) is 31.1 Å². The van der Waals surface area contributed by atoms with E-state index in [0.717, 1.165) is 42.7 Å². The average Bonchev–Trinajstić information content (AvgIpc) is 3.65. The summed E-state index contributed by atoms with van der Waals surface area (Å²) in [6, 6.07) is 13.2. The zero-order valence-electron chi connectivity index (χ0n) is 19.2. The lowest BCUT2D eigenvalue weighted by atomic mass is 9.99. The van der Waals surface area contributed by atoms with Crippen LogP contribution in [0.1, 0.15) is 25.7 Å². The van der Waals surface area contributed by atoms with Gasteiger partial charge in [0.2, 0.25) is 0 Å². The summed E-state index contributed by atoms with van der Waals surface area (Å²) >= 11 is 1.91. The Morgan fingerprint density at radius 2 is 2.06 bits per heavy atom. The van der Waals surface area contributed by atoms with E-state index < -0.39 is 0 Å². The van der Waals surface area contributed by atoms with Crippen molar-refractivity contribution < 1.29 is 4.74 Å². The second-order valence-electron chi connectivity index (χ2n) is 9.83. The Morgan fingerprint density at radius 3 is 3.00 bits per heavy atom. The van der Waals surface area contributed by atoms with E-state index >= 15 is 0 Å². The van der Waals surface area contributed by atoms with Crippen molar-refractivity contribution in [1.29, 1.82) is 0 Å². The van der Waals surface area contributed by atoms with Gasteiger partial charge in [-0.2, -0.15) is 5.10 Å². The summed E-state index contributed by atoms with van der Waals surface area (Å²) in [5.74, 6) is 0. The monoisotopic (exact) mass is 471 g/mol. The van der Waals surface area contributed by atoms with E-state index in [2.05, 4.69) is 73.0 Å². The first-order valence-corrected chi connectivity index (χ1v) is 13.2. The lowest BCUT2D eigenvalue weighted by molar-refractivity contribution is -0.104. The lowest BCUT2D eigenvalue weighted by Gasteiger charge is -2.42. The highest BCUT2D eigenvalue weighted by molar-refractivity contribution is 8.03. The Kier molecular flexibility index (Phi) is 4.96. The van der Waals surface area contributed by atoms with Crippen LogP contribution in [-0.2, 0) is 4.74 Å². The first kappa shape index (κ1) is 20.6. The van der Waals surface area contributed by atoms with Gasteiger partial charge in [0.05, 0.1) is 35.0 Å². The summed E-state index contributed by atoms with van der Waals surface area (Å²) in [5, 5.41) is 12.6. The molecule has 2 fully saturated rings. The first-order chi connectivity index (χ1) is 16.8. The third kappa shape index (κ3) is 3.45. The number of nitrogens with zero attached hydrogens (tertiary/aromatic N) is 3. The average molecular weight is 472 g/mol. The second-order valence-corrected chi connectivity index (χ2v) is 10.9. The second kappa shape index (κ2) is 8.18. The SMILES string of the molecule is C1=CN(c2cc(-c3cccc4[nH]ccc34)cc3[nH]ncc23)C(CN2CCOC3(CCCC3)C2)S1. The maximum atomic E-state index is 6.28. The quantitative estimate of drug-likeness (QED) is 0.399. The lowest BCUT2D eigenvalue weighted by Crippen LogP contribution is -2.52. The minimum Gasteiger partial charge on any atom is -0.372 e. The number of aromatic nitrogens is 3. The molecule has 3 aliphatic rings. The molecule has 174 valence electrons. The van der Waals surface area contributed by atoms with Crippen LogP contribution >= 0.6 is 11.8 Å². The summed E-state index contributed by atoms with van der Waals surface area (Å²) in [6.07, 6.45) is 11.2. The molecule has 4 aromatic rings. The van der Waals surface area contributed by atoms with Gasteiger partial charge in [-0.1, -0.05) is 25.0 Å². The number of benzene rings is 2. The molecule has 2 aromatic carbocycles. The Hall–Kier alpha value is -2.74. The van der Waals surface area contributed by atoms with E-state index in [4.69, 9.17) is 4.74 Å². The van der Waals surface area contributed by atoms with Crippen LogP contribution in [0.25, 0.3) is 32.9 Å². The van der Waals surface area contributed by atoms with Gasteiger partial charge in [-0.05, 0) is 53.6 Å². The minimum absolute atomic E-state index is 0.104. The van der Waals surface area contributed by atoms with Gasteiger partial charge in [-0.3, -0.25) is 10.00 Å². The number of morpholine rings is 1. The van der Waals surface area contributed by atoms with Crippen LogP contribution in [0.2, 0.25) is 0 Å². The Morgan fingerprint density at radius 1 is 1.12 bits per heavy atom. The van der Waals surface area contributed by atoms with E-state index in [9.17, 15) is 0 Å². The number of hydrogen-bond donors (Lipinski definition) is 2. The molecule has 1 unspecified atom stereocenters. The number of hydrogen-bond acceptors (Lipinski definition) is 5. The molecular formula is C27H29N5OS. The summed E-state index contributed by atoms with van der Waals surface area (Å²) in [6.45, 7) is 3.96. The Balaban J connectivity index is 1.23.